The standard InChI is InChI=1S/C23H43N5O7/c1-5-13(3)18(25)21(32)26-15(10-11-17(29)30)20(31)28-19(14(4)6-2)22(33)27-16(23(34)35)9-7-8-12-24/h13-16,18-19H,5-12,24-25H2,1-4H3,(H,26,32)(H,27,33)(H,28,31)(H,29,30)(H,34,35). The van der Waals surface area contributed by atoms with Crippen LogP contribution in [0.1, 0.15) is 72.6 Å². The normalized spacial score (nSPS) is 16.2. The highest BCUT2D eigenvalue weighted by Gasteiger charge is 2.33. The van der Waals surface area contributed by atoms with Crippen LogP contribution in [0.25, 0.3) is 0 Å². The van der Waals surface area contributed by atoms with E-state index in [1.54, 1.807) is 13.8 Å². The number of carboxylic acid groups (broad SMARTS) is 2. The molecule has 0 radical (unpaired) electrons. The number of hydrogen-bond donors (Lipinski definition) is 7. The van der Waals surface area contributed by atoms with Gasteiger partial charge in [-0.25, -0.2) is 4.79 Å². The number of aliphatic carboxylic acids is 2. The highest BCUT2D eigenvalue weighted by Crippen LogP contribution is 2.12. The average Bonchev–Trinajstić information content (AvgIpc) is 2.82. The van der Waals surface area contributed by atoms with Crippen molar-refractivity contribution in [1.82, 2.24) is 16.0 Å². The number of carboxylic acids is 2. The SMILES string of the molecule is CCC(C)C(N)C(=O)NC(CCC(=O)O)C(=O)NC(C(=O)NC(CCCCN)C(=O)O)C(C)CC. The second kappa shape index (κ2) is 16.8. The predicted molar refractivity (Wildman–Crippen MR) is 130 cm³/mol. The van der Waals surface area contributed by atoms with Crippen LogP contribution in [0, 0.1) is 11.8 Å². The van der Waals surface area contributed by atoms with Crippen molar-refractivity contribution >= 4 is 29.7 Å². The quantitative estimate of drug-likeness (QED) is 0.125. The third-order valence-corrected chi connectivity index (χ3v) is 6.19. The second-order valence-corrected chi connectivity index (χ2v) is 8.96. The Balaban J connectivity index is 5.60. The van der Waals surface area contributed by atoms with Crippen LogP contribution >= 0.6 is 0 Å². The van der Waals surface area contributed by atoms with E-state index in [1.807, 2.05) is 13.8 Å². The van der Waals surface area contributed by atoms with E-state index in [0.717, 1.165) is 0 Å². The van der Waals surface area contributed by atoms with Gasteiger partial charge in [0.15, 0.2) is 0 Å². The Morgan fingerprint density at radius 1 is 0.771 bits per heavy atom. The summed E-state index contributed by atoms with van der Waals surface area (Å²) in [6.45, 7) is 7.57. The number of carbonyl (C=O) groups is 5. The van der Waals surface area contributed by atoms with Crippen LogP contribution in [0.4, 0.5) is 0 Å². The zero-order chi connectivity index (χ0) is 27.1. The molecule has 6 unspecified atom stereocenters. The van der Waals surface area contributed by atoms with E-state index < -0.39 is 53.8 Å². The minimum Gasteiger partial charge on any atom is -0.481 e. The molecule has 0 rings (SSSR count). The average molecular weight is 502 g/mol. The maximum absolute atomic E-state index is 13.0. The van der Waals surface area contributed by atoms with Crippen LogP contribution in [0.15, 0.2) is 0 Å². The Kier molecular flexibility index (Phi) is 15.5. The molecule has 202 valence electrons. The summed E-state index contributed by atoms with van der Waals surface area (Å²) in [6.07, 6.45) is 1.83. The largest absolute Gasteiger partial charge is 0.481 e. The summed E-state index contributed by atoms with van der Waals surface area (Å²) in [7, 11) is 0. The topological polar surface area (TPSA) is 214 Å². The molecule has 0 aromatic carbocycles. The molecular formula is C23H43N5O7. The molecule has 6 atom stereocenters. The first-order chi connectivity index (χ1) is 16.4. The molecule has 9 N–H and O–H groups in total. The minimum absolute atomic E-state index is 0.163. The fourth-order valence-corrected chi connectivity index (χ4v) is 3.28. The second-order valence-electron chi connectivity index (χ2n) is 8.96. The van der Waals surface area contributed by atoms with Crippen molar-refractivity contribution in [2.45, 2.75) is 96.8 Å². The van der Waals surface area contributed by atoms with Gasteiger partial charge in [-0.15, -0.1) is 0 Å². The third kappa shape index (κ3) is 12.0. The van der Waals surface area contributed by atoms with Gasteiger partial charge in [0.2, 0.25) is 17.7 Å². The summed E-state index contributed by atoms with van der Waals surface area (Å²) < 4.78 is 0. The van der Waals surface area contributed by atoms with Gasteiger partial charge >= 0.3 is 11.9 Å². The van der Waals surface area contributed by atoms with E-state index in [-0.39, 0.29) is 31.1 Å². The summed E-state index contributed by atoms with van der Waals surface area (Å²) in [4.78, 5) is 61.2. The number of nitrogens with two attached hydrogens (primary N) is 2. The molecule has 35 heavy (non-hydrogen) atoms. The molecule has 0 fully saturated rings. The maximum atomic E-state index is 13.0. The van der Waals surface area contributed by atoms with Gasteiger partial charge in [0, 0.05) is 6.42 Å². The number of unbranched alkanes of at least 4 members (excludes halogenated alkanes) is 1. The Morgan fingerprint density at radius 3 is 1.83 bits per heavy atom. The van der Waals surface area contributed by atoms with E-state index >= 15 is 0 Å². The van der Waals surface area contributed by atoms with Gasteiger partial charge in [0.25, 0.3) is 0 Å². The smallest absolute Gasteiger partial charge is 0.326 e. The molecule has 0 spiro atoms. The van der Waals surface area contributed by atoms with Crippen molar-refractivity contribution in [2.75, 3.05) is 6.54 Å². The number of hydrogen-bond acceptors (Lipinski definition) is 7. The molecule has 0 heterocycles. The Labute approximate surface area is 206 Å². The van der Waals surface area contributed by atoms with Crippen molar-refractivity contribution in [2.24, 2.45) is 23.3 Å². The molecule has 12 nitrogen and oxygen atoms in total. The molecule has 0 aliphatic rings. The molecule has 0 saturated heterocycles. The third-order valence-electron chi connectivity index (χ3n) is 6.19. The lowest BCUT2D eigenvalue weighted by Crippen LogP contribution is -2.59. The Bertz CT molecular complexity index is 718. The lowest BCUT2D eigenvalue weighted by Gasteiger charge is -2.28. The van der Waals surface area contributed by atoms with Crippen LogP contribution in [0.2, 0.25) is 0 Å². The van der Waals surface area contributed by atoms with Crippen molar-refractivity contribution in [1.29, 1.82) is 0 Å². The van der Waals surface area contributed by atoms with Gasteiger partial charge in [-0.3, -0.25) is 19.2 Å². The minimum atomic E-state index is -1.23. The molecule has 3 amide bonds. The molecule has 0 aliphatic carbocycles. The van der Waals surface area contributed by atoms with E-state index in [4.69, 9.17) is 16.6 Å². The summed E-state index contributed by atoms with van der Waals surface area (Å²) >= 11 is 0. The first kappa shape index (κ1) is 32.3. The van der Waals surface area contributed by atoms with Gasteiger partial charge in [0.1, 0.15) is 18.1 Å². The highest BCUT2D eigenvalue weighted by atomic mass is 16.4. The van der Waals surface area contributed by atoms with Crippen molar-refractivity contribution < 1.29 is 34.2 Å². The molecular weight excluding hydrogens is 458 g/mol. The number of amides is 3. The van der Waals surface area contributed by atoms with Gasteiger partial charge in [-0.2, -0.15) is 0 Å². The van der Waals surface area contributed by atoms with E-state index in [1.165, 1.54) is 0 Å². The molecule has 0 aliphatic heterocycles. The summed E-state index contributed by atoms with van der Waals surface area (Å²) in [5, 5.41) is 26.1. The zero-order valence-electron chi connectivity index (χ0n) is 21.2. The van der Waals surface area contributed by atoms with E-state index in [9.17, 15) is 29.1 Å². The Morgan fingerprint density at radius 2 is 1.34 bits per heavy atom. The Hall–Kier alpha value is -2.73. The van der Waals surface area contributed by atoms with Crippen molar-refractivity contribution in [3.05, 3.63) is 0 Å². The fourth-order valence-electron chi connectivity index (χ4n) is 3.28. The van der Waals surface area contributed by atoms with Crippen molar-refractivity contribution in [3.63, 3.8) is 0 Å². The van der Waals surface area contributed by atoms with E-state index in [0.29, 0.717) is 32.2 Å². The molecule has 12 heteroatoms. The van der Waals surface area contributed by atoms with Crippen LogP contribution in [-0.2, 0) is 24.0 Å². The molecule has 0 aromatic rings. The lowest BCUT2D eigenvalue weighted by atomic mass is 9.96. The van der Waals surface area contributed by atoms with Crippen LogP contribution in [0.5, 0.6) is 0 Å². The number of rotatable bonds is 18. The summed E-state index contributed by atoms with van der Waals surface area (Å²) in [5.41, 5.74) is 11.4. The van der Waals surface area contributed by atoms with Gasteiger partial charge in [-0.1, -0.05) is 40.5 Å². The van der Waals surface area contributed by atoms with Gasteiger partial charge < -0.3 is 37.6 Å². The molecule has 0 saturated carbocycles. The fraction of sp³-hybridized carbons (Fsp3) is 0.783. The van der Waals surface area contributed by atoms with Crippen molar-refractivity contribution in [3.8, 4) is 0 Å². The molecule has 0 aromatic heterocycles. The molecule has 0 bridgehead atoms. The summed E-state index contributed by atoms with van der Waals surface area (Å²) in [5.74, 6) is -4.89. The lowest BCUT2D eigenvalue weighted by molar-refractivity contribution is -0.143. The van der Waals surface area contributed by atoms with Crippen LogP contribution < -0.4 is 27.4 Å². The first-order valence-electron chi connectivity index (χ1n) is 12.2. The first-order valence-corrected chi connectivity index (χ1v) is 12.2. The van der Waals surface area contributed by atoms with Gasteiger partial charge in [-0.05, 0) is 44.1 Å². The predicted octanol–water partition coefficient (Wildman–Crippen LogP) is -0.0613. The monoisotopic (exact) mass is 501 g/mol. The van der Waals surface area contributed by atoms with E-state index in [2.05, 4.69) is 16.0 Å². The zero-order valence-corrected chi connectivity index (χ0v) is 21.2. The number of nitrogens with one attached hydrogen (secondary N) is 3. The summed E-state index contributed by atoms with van der Waals surface area (Å²) in [6, 6.07) is -4.35. The van der Waals surface area contributed by atoms with Crippen LogP contribution in [-0.4, -0.2) is 70.6 Å². The van der Waals surface area contributed by atoms with Gasteiger partial charge in [0.05, 0.1) is 6.04 Å². The maximum Gasteiger partial charge on any atom is 0.326 e. The number of carbonyl (C=O) groups excluding carboxylic acids is 3. The highest BCUT2D eigenvalue weighted by molar-refractivity contribution is 5.94. The van der Waals surface area contributed by atoms with Crippen LogP contribution in [0.3, 0.4) is 0 Å².